The molecule has 1 saturated carbocycles. The third-order valence-electron chi connectivity index (χ3n) is 5.39. The molecule has 2 aromatic carbocycles. The number of nitrogens with one attached hydrogen (secondary N) is 1. The predicted octanol–water partition coefficient (Wildman–Crippen LogP) is 4.21. The molecule has 1 fully saturated rings. The molecular formula is C23H24N2O3. The molecule has 1 aromatic heterocycles. The topological polar surface area (TPSA) is 75.4 Å². The maximum Gasteiger partial charge on any atom is 0.252 e. The first-order valence-electron chi connectivity index (χ1n) is 9.70. The summed E-state index contributed by atoms with van der Waals surface area (Å²) in [6.45, 7) is 2.52. The van der Waals surface area contributed by atoms with Gasteiger partial charge in [0.1, 0.15) is 0 Å². The Balaban J connectivity index is 1.54. The monoisotopic (exact) mass is 376 g/mol. The van der Waals surface area contributed by atoms with Crippen molar-refractivity contribution in [2.24, 2.45) is 5.92 Å². The zero-order valence-electron chi connectivity index (χ0n) is 15.9. The minimum atomic E-state index is -0.320. The molecule has 0 unspecified atom stereocenters. The second-order valence-corrected chi connectivity index (χ2v) is 7.41. The van der Waals surface area contributed by atoms with E-state index in [-0.39, 0.29) is 17.9 Å². The van der Waals surface area contributed by atoms with Crippen LogP contribution in [0, 0.1) is 12.8 Å². The van der Waals surface area contributed by atoms with Gasteiger partial charge in [-0.05, 0) is 31.9 Å². The maximum absolute atomic E-state index is 12.8. The Hall–Kier alpha value is -2.92. The molecule has 0 bridgehead atoms. The van der Waals surface area contributed by atoms with E-state index in [9.17, 15) is 9.90 Å². The molecule has 5 heteroatoms. The van der Waals surface area contributed by atoms with E-state index < -0.39 is 0 Å². The molecule has 0 radical (unpaired) electrons. The van der Waals surface area contributed by atoms with Gasteiger partial charge in [-0.2, -0.15) is 0 Å². The van der Waals surface area contributed by atoms with Gasteiger partial charge in [0, 0.05) is 23.6 Å². The van der Waals surface area contributed by atoms with Gasteiger partial charge >= 0.3 is 0 Å². The SMILES string of the molecule is Cc1ccc(-c2cnc(-c3ccccc3C(=O)NC[C@H]3CCC[C@H]3O)o2)cc1. The largest absolute Gasteiger partial charge is 0.436 e. The van der Waals surface area contributed by atoms with E-state index in [1.807, 2.05) is 49.4 Å². The third-order valence-corrected chi connectivity index (χ3v) is 5.39. The number of carbonyl (C=O) groups is 1. The number of hydrogen-bond acceptors (Lipinski definition) is 4. The van der Waals surface area contributed by atoms with E-state index in [2.05, 4.69) is 10.3 Å². The lowest BCUT2D eigenvalue weighted by atomic mass is 10.0. The normalized spacial score (nSPS) is 18.9. The molecule has 1 amide bonds. The Labute approximate surface area is 164 Å². The van der Waals surface area contributed by atoms with Gasteiger partial charge in [-0.25, -0.2) is 4.98 Å². The number of benzene rings is 2. The van der Waals surface area contributed by atoms with Crippen LogP contribution in [0.1, 0.15) is 35.2 Å². The molecule has 1 aliphatic rings. The van der Waals surface area contributed by atoms with Gasteiger partial charge < -0.3 is 14.8 Å². The first kappa shape index (κ1) is 18.4. The van der Waals surface area contributed by atoms with Crippen LogP contribution in [0.3, 0.4) is 0 Å². The highest BCUT2D eigenvalue weighted by molar-refractivity contribution is 6.00. The van der Waals surface area contributed by atoms with Gasteiger partial charge in [-0.15, -0.1) is 0 Å². The Morgan fingerprint density at radius 3 is 2.71 bits per heavy atom. The molecule has 144 valence electrons. The zero-order valence-corrected chi connectivity index (χ0v) is 15.9. The van der Waals surface area contributed by atoms with Gasteiger partial charge in [0.15, 0.2) is 5.76 Å². The molecule has 2 atom stereocenters. The molecule has 4 rings (SSSR count). The number of hydrogen-bond donors (Lipinski definition) is 2. The molecule has 2 N–H and O–H groups in total. The highest BCUT2D eigenvalue weighted by atomic mass is 16.4. The van der Waals surface area contributed by atoms with Crippen molar-refractivity contribution in [1.29, 1.82) is 0 Å². The van der Waals surface area contributed by atoms with E-state index in [1.165, 1.54) is 5.56 Å². The number of rotatable bonds is 5. The fourth-order valence-electron chi connectivity index (χ4n) is 3.69. The molecule has 0 spiro atoms. The molecule has 1 heterocycles. The van der Waals surface area contributed by atoms with Crippen LogP contribution in [0.5, 0.6) is 0 Å². The summed E-state index contributed by atoms with van der Waals surface area (Å²) in [6, 6.07) is 15.3. The highest BCUT2D eigenvalue weighted by Gasteiger charge is 2.26. The highest BCUT2D eigenvalue weighted by Crippen LogP contribution is 2.29. The molecule has 1 aliphatic carbocycles. The van der Waals surface area contributed by atoms with Crippen molar-refractivity contribution < 1.29 is 14.3 Å². The van der Waals surface area contributed by atoms with Crippen LogP contribution in [0.25, 0.3) is 22.8 Å². The maximum atomic E-state index is 12.8. The number of carbonyl (C=O) groups excluding carboxylic acids is 1. The molecule has 3 aromatic rings. The average Bonchev–Trinajstić information content (AvgIpc) is 3.36. The van der Waals surface area contributed by atoms with Gasteiger partial charge in [0.25, 0.3) is 5.91 Å². The van der Waals surface area contributed by atoms with Crippen LogP contribution in [-0.2, 0) is 0 Å². The lowest BCUT2D eigenvalue weighted by Crippen LogP contribution is -2.32. The number of nitrogens with zero attached hydrogens (tertiary/aromatic N) is 1. The number of aryl methyl sites for hydroxylation is 1. The lowest BCUT2D eigenvalue weighted by Gasteiger charge is -2.15. The van der Waals surface area contributed by atoms with Crippen molar-refractivity contribution in [2.75, 3.05) is 6.54 Å². The second kappa shape index (κ2) is 7.98. The Morgan fingerprint density at radius 2 is 1.96 bits per heavy atom. The van der Waals surface area contributed by atoms with E-state index in [4.69, 9.17) is 4.42 Å². The first-order valence-corrected chi connectivity index (χ1v) is 9.70. The molecule has 0 aliphatic heterocycles. The van der Waals surface area contributed by atoms with Crippen molar-refractivity contribution in [3.8, 4) is 22.8 Å². The van der Waals surface area contributed by atoms with Crippen molar-refractivity contribution in [1.82, 2.24) is 10.3 Å². The van der Waals surface area contributed by atoms with E-state index in [0.717, 1.165) is 24.8 Å². The molecule has 28 heavy (non-hydrogen) atoms. The van der Waals surface area contributed by atoms with Gasteiger partial charge in [0.05, 0.1) is 17.9 Å². The van der Waals surface area contributed by atoms with Crippen molar-refractivity contribution in [2.45, 2.75) is 32.3 Å². The average molecular weight is 376 g/mol. The third kappa shape index (κ3) is 3.85. The van der Waals surface area contributed by atoms with Crippen LogP contribution >= 0.6 is 0 Å². The minimum absolute atomic E-state index is 0.131. The van der Waals surface area contributed by atoms with Gasteiger partial charge in [-0.3, -0.25) is 4.79 Å². The van der Waals surface area contributed by atoms with Crippen LogP contribution in [-0.4, -0.2) is 28.6 Å². The van der Waals surface area contributed by atoms with E-state index >= 15 is 0 Å². The number of oxazole rings is 1. The molecular weight excluding hydrogens is 352 g/mol. The Kier molecular flexibility index (Phi) is 5.26. The van der Waals surface area contributed by atoms with Crippen LogP contribution < -0.4 is 5.32 Å². The molecule has 5 nitrogen and oxygen atoms in total. The summed E-state index contributed by atoms with van der Waals surface area (Å²) in [6.07, 6.45) is 4.14. The van der Waals surface area contributed by atoms with E-state index in [0.29, 0.717) is 29.3 Å². The summed E-state index contributed by atoms with van der Waals surface area (Å²) in [4.78, 5) is 17.1. The van der Waals surface area contributed by atoms with Gasteiger partial charge in [0.2, 0.25) is 5.89 Å². The Bertz CT molecular complexity index is 962. The zero-order chi connectivity index (χ0) is 19.5. The summed E-state index contributed by atoms with van der Waals surface area (Å²) < 4.78 is 5.95. The number of aromatic nitrogens is 1. The van der Waals surface area contributed by atoms with Crippen LogP contribution in [0.4, 0.5) is 0 Å². The van der Waals surface area contributed by atoms with E-state index in [1.54, 1.807) is 12.3 Å². The Morgan fingerprint density at radius 1 is 1.18 bits per heavy atom. The quantitative estimate of drug-likeness (QED) is 0.699. The molecule has 0 saturated heterocycles. The van der Waals surface area contributed by atoms with Crippen LogP contribution in [0.2, 0.25) is 0 Å². The lowest BCUT2D eigenvalue weighted by molar-refractivity contribution is 0.0917. The first-order chi connectivity index (χ1) is 13.6. The summed E-state index contributed by atoms with van der Waals surface area (Å²) in [7, 11) is 0. The fraction of sp³-hybridized carbons (Fsp3) is 0.304. The minimum Gasteiger partial charge on any atom is -0.436 e. The standard InChI is InChI=1S/C23H24N2O3/c1-15-9-11-16(12-10-15)21-14-25-23(28-21)19-7-3-2-6-18(19)22(27)24-13-17-5-4-8-20(17)26/h2-3,6-7,9-12,14,17,20,26H,4-5,8,13H2,1H3,(H,24,27)/t17-,20-/m1/s1. The summed E-state index contributed by atoms with van der Waals surface area (Å²) in [5.74, 6) is 1.04. The summed E-state index contributed by atoms with van der Waals surface area (Å²) in [5.41, 5.74) is 3.30. The summed E-state index contributed by atoms with van der Waals surface area (Å²) >= 11 is 0. The summed E-state index contributed by atoms with van der Waals surface area (Å²) in [5, 5.41) is 12.9. The number of aliphatic hydroxyl groups excluding tert-OH is 1. The van der Waals surface area contributed by atoms with Gasteiger partial charge in [-0.1, -0.05) is 48.4 Å². The predicted molar refractivity (Wildman–Crippen MR) is 108 cm³/mol. The van der Waals surface area contributed by atoms with Crippen LogP contribution in [0.15, 0.2) is 59.1 Å². The number of aliphatic hydroxyl groups is 1. The fourth-order valence-corrected chi connectivity index (χ4v) is 3.69. The van der Waals surface area contributed by atoms with Crippen molar-refractivity contribution >= 4 is 5.91 Å². The smallest absolute Gasteiger partial charge is 0.252 e. The van der Waals surface area contributed by atoms with Crippen molar-refractivity contribution in [3.63, 3.8) is 0 Å². The second-order valence-electron chi connectivity index (χ2n) is 7.41. The number of amides is 1. The van der Waals surface area contributed by atoms with Crippen molar-refractivity contribution in [3.05, 3.63) is 65.9 Å².